The summed E-state index contributed by atoms with van der Waals surface area (Å²) in [6, 6.07) is 8.06. The van der Waals surface area contributed by atoms with E-state index in [9.17, 15) is 4.79 Å². The van der Waals surface area contributed by atoms with Crippen LogP contribution in [0.5, 0.6) is 0 Å². The largest absolute Gasteiger partial charge is 0.466 e. The molecule has 3 nitrogen and oxygen atoms in total. The van der Waals surface area contributed by atoms with Crippen molar-refractivity contribution in [2.24, 2.45) is 11.8 Å². The summed E-state index contributed by atoms with van der Waals surface area (Å²) in [5, 5.41) is 0. The molecule has 0 saturated heterocycles. The fourth-order valence-electron chi connectivity index (χ4n) is 2.58. The van der Waals surface area contributed by atoms with Gasteiger partial charge in [0.15, 0.2) is 0 Å². The van der Waals surface area contributed by atoms with E-state index in [1.807, 2.05) is 26.0 Å². The number of anilines is 1. The molecule has 3 heteroatoms. The predicted octanol–water partition coefficient (Wildman–Crippen LogP) is 2.96. The Hall–Kier alpha value is -1.51. The van der Waals surface area contributed by atoms with Crippen LogP contribution in [-0.4, -0.2) is 12.6 Å². The van der Waals surface area contributed by atoms with Crippen LogP contribution in [0.1, 0.15) is 38.2 Å². The molecule has 2 rings (SSSR count). The second kappa shape index (κ2) is 5.42. The Morgan fingerprint density at radius 1 is 1.39 bits per heavy atom. The van der Waals surface area contributed by atoms with Gasteiger partial charge in [0, 0.05) is 5.69 Å². The Kier molecular flexibility index (Phi) is 3.90. The van der Waals surface area contributed by atoms with E-state index in [1.165, 1.54) is 5.56 Å². The minimum atomic E-state index is -0.0572. The van der Waals surface area contributed by atoms with Crippen LogP contribution in [0.2, 0.25) is 0 Å². The lowest BCUT2D eigenvalue weighted by molar-refractivity contribution is -0.150. The summed E-state index contributed by atoms with van der Waals surface area (Å²) in [6.07, 6.45) is 2.15. The number of ether oxygens (including phenoxy) is 1. The molecule has 1 aromatic carbocycles. The molecule has 0 bridgehead atoms. The fraction of sp³-hybridized carbons (Fsp3) is 0.533. The van der Waals surface area contributed by atoms with Crippen LogP contribution in [0.25, 0.3) is 0 Å². The molecule has 0 amide bonds. The standard InChI is InChI=1S/C15H21NO2/c1-3-18-15(17)10(2)12-8-13(9-12)11-4-6-14(16)7-5-11/h4-7,10,12-13H,3,8-9,16H2,1-2H3. The van der Waals surface area contributed by atoms with Crippen LogP contribution in [0.3, 0.4) is 0 Å². The maximum atomic E-state index is 11.6. The summed E-state index contributed by atoms with van der Waals surface area (Å²) in [5.41, 5.74) is 7.80. The van der Waals surface area contributed by atoms with Crippen molar-refractivity contribution in [2.75, 3.05) is 12.3 Å². The molecule has 1 atom stereocenters. The monoisotopic (exact) mass is 247 g/mol. The van der Waals surface area contributed by atoms with Gasteiger partial charge in [-0.2, -0.15) is 0 Å². The SMILES string of the molecule is CCOC(=O)C(C)C1CC(c2ccc(N)cc2)C1. The Morgan fingerprint density at radius 3 is 2.56 bits per heavy atom. The minimum Gasteiger partial charge on any atom is -0.466 e. The van der Waals surface area contributed by atoms with Crippen LogP contribution in [0.4, 0.5) is 5.69 Å². The Balaban J connectivity index is 1.86. The average Bonchev–Trinajstić information content (AvgIpc) is 2.30. The predicted molar refractivity (Wildman–Crippen MR) is 72.1 cm³/mol. The lowest BCUT2D eigenvalue weighted by atomic mass is 9.66. The third kappa shape index (κ3) is 2.66. The molecule has 1 fully saturated rings. The smallest absolute Gasteiger partial charge is 0.308 e. The van der Waals surface area contributed by atoms with Crippen molar-refractivity contribution >= 4 is 11.7 Å². The number of rotatable bonds is 4. The van der Waals surface area contributed by atoms with E-state index in [0.29, 0.717) is 18.4 Å². The fourth-order valence-corrected chi connectivity index (χ4v) is 2.58. The Bertz CT molecular complexity index is 407. The van der Waals surface area contributed by atoms with E-state index < -0.39 is 0 Å². The number of esters is 1. The van der Waals surface area contributed by atoms with E-state index in [4.69, 9.17) is 10.5 Å². The van der Waals surface area contributed by atoms with Gasteiger partial charge in [0.25, 0.3) is 0 Å². The first-order valence-corrected chi connectivity index (χ1v) is 6.64. The zero-order valence-electron chi connectivity index (χ0n) is 11.1. The van der Waals surface area contributed by atoms with Gasteiger partial charge in [-0.25, -0.2) is 0 Å². The van der Waals surface area contributed by atoms with Crippen molar-refractivity contribution in [1.82, 2.24) is 0 Å². The van der Waals surface area contributed by atoms with Crippen LogP contribution >= 0.6 is 0 Å². The van der Waals surface area contributed by atoms with Gasteiger partial charge in [0.2, 0.25) is 0 Å². The number of hydrogen-bond acceptors (Lipinski definition) is 3. The zero-order chi connectivity index (χ0) is 13.1. The normalized spacial score (nSPS) is 24.1. The molecule has 1 aliphatic carbocycles. The topological polar surface area (TPSA) is 52.3 Å². The molecular weight excluding hydrogens is 226 g/mol. The number of carbonyl (C=O) groups is 1. The average molecular weight is 247 g/mol. The molecule has 0 radical (unpaired) electrons. The molecule has 1 saturated carbocycles. The lowest BCUT2D eigenvalue weighted by Crippen LogP contribution is -2.32. The van der Waals surface area contributed by atoms with Crippen molar-refractivity contribution < 1.29 is 9.53 Å². The van der Waals surface area contributed by atoms with Crippen molar-refractivity contribution in [3.8, 4) is 0 Å². The summed E-state index contributed by atoms with van der Waals surface area (Å²) >= 11 is 0. The number of benzene rings is 1. The molecule has 0 spiro atoms. The maximum absolute atomic E-state index is 11.6. The van der Waals surface area contributed by atoms with Gasteiger partial charge in [-0.3, -0.25) is 4.79 Å². The van der Waals surface area contributed by atoms with Crippen LogP contribution in [0, 0.1) is 11.8 Å². The summed E-state index contributed by atoms with van der Waals surface area (Å²) < 4.78 is 5.06. The molecule has 1 aromatic rings. The summed E-state index contributed by atoms with van der Waals surface area (Å²) in [7, 11) is 0. The van der Waals surface area contributed by atoms with Gasteiger partial charge < -0.3 is 10.5 Å². The molecule has 18 heavy (non-hydrogen) atoms. The quantitative estimate of drug-likeness (QED) is 0.657. The van der Waals surface area contributed by atoms with Gasteiger partial charge in [-0.05, 0) is 49.3 Å². The van der Waals surface area contributed by atoms with Crippen molar-refractivity contribution in [3.63, 3.8) is 0 Å². The molecule has 2 N–H and O–H groups in total. The minimum absolute atomic E-state index is 0.0231. The second-order valence-electron chi connectivity index (χ2n) is 5.14. The number of nitrogens with two attached hydrogens (primary N) is 1. The molecule has 1 unspecified atom stereocenters. The maximum Gasteiger partial charge on any atom is 0.308 e. The van der Waals surface area contributed by atoms with Crippen LogP contribution < -0.4 is 5.73 Å². The highest BCUT2D eigenvalue weighted by atomic mass is 16.5. The number of hydrogen-bond donors (Lipinski definition) is 1. The first-order chi connectivity index (χ1) is 8.61. The summed E-state index contributed by atoms with van der Waals surface area (Å²) in [5.74, 6) is 1.01. The third-order valence-corrected chi connectivity index (χ3v) is 3.95. The molecular formula is C15H21NO2. The number of nitrogen functional groups attached to an aromatic ring is 1. The second-order valence-corrected chi connectivity index (χ2v) is 5.14. The first-order valence-electron chi connectivity index (χ1n) is 6.64. The Labute approximate surface area is 108 Å². The molecule has 0 aromatic heterocycles. The highest BCUT2D eigenvalue weighted by Gasteiger charge is 2.37. The van der Waals surface area contributed by atoms with E-state index in [0.717, 1.165) is 18.5 Å². The van der Waals surface area contributed by atoms with E-state index in [1.54, 1.807) is 0 Å². The lowest BCUT2D eigenvalue weighted by Gasteiger charge is -2.38. The third-order valence-electron chi connectivity index (χ3n) is 3.95. The van der Waals surface area contributed by atoms with Gasteiger partial charge >= 0.3 is 5.97 Å². The van der Waals surface area contributed by atoms with E-state index >= 15 is 0 Å². The van der Waals surface area contributed by atoms with Crippen molar-refractivity contribution in [3.05, 3.63) is 29.8 Å². The molecule has 0 heterocycles. The van der Waals surface area contributed by atoms with Crippen LogP contribution in [0.15, 0.2) is 24.3 Å². The van der Waals surface area contributed by atoms with Crippen molar-refractivity contribution in [1.29, 1.82) is 0 Å². The highest BCUT2D eigenvalue weighted by molar-refractivity contribution is 5.72. The van der Waals surface area contributed by atoms with Gasteiger partial charge in [0.05, 0.1) is 12.5 Å². The first kappa shape index (κ1) is 12.9. The zero-order valence-corrected chi connectivity index (χ0v) is 11.1. The van der Waals surface area contributed by atoms with Gasteiger partial charge in [-0.1, -0.05) is 19.1 Å². The van der Waals surface area contributed by atoms with E-state index in [-0.39, 0.29) is 11.9 Å². The van der Waals surface area contributed by atoms with Crippen LogP contribution in [-0.2, 0) is 9.53 Å². The molecule has 98 valence electrons. The molecule has 1 aliphatic rings. The summed E-state index contributed by atoms with van der Waals surface area (Å²) in [6.45, 7) is 4.29. The van der Waals surface area contributed by atoms with Gasteiger partial charge in [0.1, 0.15) is 0 Å². The number of carbonyl (C=O) groups excluding carboxylic acids is 1. The highest BCUT2D eigenvalue weighted by Crippen LogP contribution is 2.45. The van der Waals surface area contributed by atoms with Crippen molar-refractivity contribution in [2.45, 2.75) is 32.6 Å². The van der Waals surface area contributed by atoms with Gasteiger partial charge in [-0.15, -0.1) is 0 Å². The Morgan fingerprint density at radius 2 is 2.00 bits per heavy atom. The van der Waals surface area contributed by atoms with E-state index in [2.05, 4.69) is 12.1 Å². The molecule has 0 aliphatic heterocycles. The summed E-state index contributed by atoms with van der Waals surface area (Å²) in [4.78, 5) is 11.6.